The number of nitrogens with zero attached hydrogens (tertiary/aromatic N) is 1. The highest BCUT2D eigenvalue weighted by Crippen LogP contribution is 2.13. The van der Waals surface area contributed by atoms with E-state index in [4.69, 9.17) is 5.11 Å². The van der Waals surface area contributed by atoms with Crippen LogP contribution in [0.4, 0.5) is 0 Å². The third kappa shape index (κ3) is 2.78. The monoisotopic (exact) mass is 245 g/mol. The third-order valence-electron chi connectivity index (χ3n) is 2.82. The molecule has 18 heavy (non-hydrogen) atoms. The molecule has 0 fully saturated rings. The van der Waals surface area contributed by atoms with Crippen molar-refractivity contribution in [2.45, 2.75) is 19.6 Å². The number of aliphatic hydroxyl groups excluding tert-OH is 1. The van der Waals surface area contributed by atoms with E-state index in [0.29, 0.717) is 6.54 Å². The number of aromatic nitrogens is 1. The number of hydrogen-bond acceptors (Lipinski definition) is 2. The van der Waals surface area contributed by atoms with Crippen molar-refractivity contribution in [3.63, 3.8) is 0 Å². The van der Waals surface area contributed by atoms with E-state index >= 15 is 0 Å². The van der Waals surface area contributed by atoms with Crippen LogP contribution in [0.2, 0.25) is 0 Å². The maximum Gasteiger partial charge on any atom is 0.335 e. The molecule has 2 aromatic rings. The predicted molar refractivity (Wildman–Crippen MR) is 67.6 cm³/mol. The van der Waals surface area contributed by atoms with Gasteiger partial charge in [-0.25, -0.2) is 4.79 Å². The number of carbonyl (C=O) groups is 1. The molecular weight excluding hydrogens is 230 g/mol. The largest absolute Gasteiger partial charge is 0.478 e. The number of benzene rings is 1. The van der Waals surface area contributed by atoms with Crippen LogP contribution in [0.3, 0.4) is 0 Å². The maximum absolute atomic E-state index is 10.7. The molecule has 0 radical (unpaired) electrons. The van der Waals surface area contributed by atoms with Crippen molar-refractivity contribution in [1.82, 2.24) is 4.57 Å². The van der Waals surface area contributed by atoms with E-state index in [2.05, 4.69) is 0 Å². The summed E-state index contributed by atoms with van der Waals surface area (Å²) in [5, 5.41) is 18.2. The first-order chi connectivity index (χ1) is 8.56. The van der Waals surface area contributed by atoms with Gasteiger partial charge in [-0.1, -0.05) is 12.1 Å². The van der Waals surface area contributed by atoms with Crippen LogP contribution in [-0.2, 0) is 6.54 Å². The number of rotatable bonds is 4. The summed E-state index contributed by atoms with van der Waals surface area (Å²) >= 11 is 0. The Morgan fingerprint density at radius 3 is 2.44 bits per heavy atom. The van der Waals surface area contributed by atoms with Gasteiger partial charge in [-0.15, -0.1) is 0 Å². The predicted octanol–water partition coefficient (Wildman–Crippen LogP) is 2.29. The highest BCUT2D eigenvalue weighted by atomic mass is 16.4. The molecule has 1 heterocycles. The van der Waals surface area contributed by atoms with E-state index in [1.54, 1.807) is 31.2 Å². The summed E-state index contributed by atoms with van der Waals surface area (Å²) in [5.74, 6) is -0.918. The Hall–Kier alpha value is -2.07. The van der Waals surface area contributed by atoms with Crippen molar-refractivity contribution in [3.8, 4) is 0 Å². The van der Waals surface area contributed by atoms with Gasteiger partial charge < -0.3 is 14.8 Å². The molecule has 0 aliphatic heterocycles. The second-order valence-corrected chi connectivity index (χ2v) is 4.30. The van der Waals surface area contributed by atoms with Crippen molar-refractivity contribution in [2.75, 3.05) is 0 Å². The minimum atomic E-state index is -0.918. The van der Waals surface area contributed by atoms with Gasteiger partial charge in [-0.05, 0) is 36.2 Å². The molecule has 4 nitrogen and oxygen atoms in total. The number of carboxylic acids is 1. The van der Waals surface area contributed by atoms with Gasteiger partial charge in [0.05, 0.1) is 11.7 Å². The van der Waals surface area contributed by atoms with Gasteiger partial charge in [0.2, 0.25) is 0 Å². The van der Waals surface area contributed by atoms with Crippen LogP contribution in [0.1, 0.15) is 34.5 Å². The molecular formula is C14H15NO3. The second-order valence-electron chi connectivity index (χ2n) is 4.30. The lowest BCUT2D eigenvalue weighted by atomic mass is 10.1. The Labute approximate surface area is 105 Å². The molecule has 0 bridgehead atoms. The van der Waals surface area contributed by atoms with Crippen LogP contribution >= 0.6 is 0 Å². The molecule has 0 aliphatic rings. The SMILES string of the molecule is CC(O)c1ccn(Cc2ccc(C(=O)O)cc2)c1. The highest BCUT2D eigenvalue weighted by Gasteiger charge is 2.04. The van der Waals surface area contributed by atoms with E-state index in [9.17, 15) is 9.90 Å². The molecule has 1 atom stereocenters. The second kappa shape index (κ2) is 5.06. The fourth-order valence-electron chi connectivity index (χ4n) is 1.77. The lowest BCUT2D eigenvalue weighted by molar-refractivity contribution is 0.0697. The molecule has 0 saturated heterocycles. The lowest BCUT2D eigenvalue weighted by Gasteiger charge is -2.04. The normalized spacial score (nSPS) is 12.3. The number of aromatic carboxylic acids is 1. The minimum absolute atomic E-state index is 0.288. The Bertz CT molecular complexity index is 540. The molecule has 0 amide bonds. The van der Waals surface area contributed by atoms with Crippen molar-refractivity contribution in [3.05, 3.63) is 59.4 Å². The van der Waals surface area contributed by atoms with Crippen molar-refractivity contribution < 1.29 is 15.0 Å². The first-order valence-electron chi connectivity index (χ1n) is 5.72. The van der Waals surface area contributed by atoms with Gasteiger partial charge in [0.1, 0.15) is 0 Å². The van der Waals surface area contributed by atoms with Gasteiger partial charge in [0.25, 0.3) is 0 Å². The van der Waals surface area contributed by atoms with E-state index in [1.807, 2.05) is 23.0 Å². The average Bonchev–Trinajstić information content (AvgIpc) is 2.78. The standard InChI is InChI=1S/C14H15NO3/c1-10(16)13-6-7-15(9-13)8-11-2-4-12(5-3-11)14(17)18/h2-7,9-10,16H,8H2,1H3,(H,17,18). The quantitative estimate of drug-likeness (QED) is 0.868. The molecule has 0 aliphatic carbocycles. The molecule has 1 unspecified atom stereocenters. The summed E-state index contributed by atoms with van der Waals surface area (Å²) in [6.45, 7) is 2.38. The zero-order valence-electron chi connectivity index (χ0n) is 10.1. The summed E-state index contributed by atoms with van der Waals surface area (Å²) in [6, 6.07) is 8.65. The Morgan fingerprint density at radius 1 is 1.28 bits per heavy atom. The molecule has 0 spiro atoms. The van der Waals surface area contributed by atoms with Crippen molar-refractivity contribution in [1.29, 1.82) is 0 Å². The van der Waals surface area contributed by atoms with Crippen LogP contribution in [0.25, 0.3) is 0 Å². The average molecular weight is 245 g/mol. The number of hydrogen-bond donors (Lipinski definition) is 2. The summed E-state index contributed by atoms with van der Waals surface area (Å²) in [4.78, 5) is 10.7. The molecule has 2 N–H and O–H groups in total. The van der Waals surface area contributed by atoms with Crippen LogP contribution in [0.5, 0.6) is 0 Å². The Balaban J connectivity index is 2.10. The third-order valence-corrected chi connectivity index (χ3v) is 2.82. The first kappa shape index (κ1) is 12.4. The minimum Gasteiger partial charge on any atom is -0.478 e. The van der Waals surface area contributed by atoms with E-state index in [-0.39, 0.29) is 5.56 Å². The van der Waals surface area contributed by atoms with Gasteiger partial charge in [-0.3, -0.25) is 0 Å². The van der Waals surface area contributed by atoms with Gasteiger partial charge >= 0.3 is 5.97 Å². The molecule has 1 aromatic carbocycles. The summed E-state index contributed by atoms with van der Waals surface area (Å²) in [6.07, 6.45) is 3.31. The lowest BCUT2D eigenvalue weighted by Crippen LogP contribution is -1.99. The van der Waals surface area contributed by atoms with E-state index in [0.717, 1.165) is 11.1 Å². The molecule has 0 saturated carbocycles. The zero-order chi connectivity index (χ0) is 13.1. The van der Waals surface area contributed by atoms with Crippen molar-refractivity contribution in [2.24, 2.45) is 0 Å². The molecule has 94 valence electrons. The zero-order valence-corrected chi connectivity index (χ0v) is 10.1. The van der Waals surface area contributed by atoms with Crippen LogP contribution in [-0.4, -0.2) is 20.7 Å². The van der Waals surface area contributed by atoms with Gasteiger partial charge in [0, 0.05) is 18.9 Å². The smallest absolute Gasteiger partial charge is 0.335 e. The number of carboxylic acid groups (broad SMARTS) is 1. The Morgan fingerprint density at radius 2 is 1.94 bits per heavy atom. The van der Waals surface area contributed by atoms with Crippen molar-refractivity contribution >= 4 is 5.97 Å². The van der Waals surface area contributed by atoms with Crippen LogP contribution < -0.4 is 0 Å². The summed E-state index contributed by atoms with van der Waals surface area (Å²) in [5.41, 5.74) is 2.18. The van der Waals surface area contributed by atoms with Crippen LogP contribution in [0.15, 0.2) is 42.7 Å². The topological polar surface area (TPSA) is 62.5 Å². The highest BCUT2D eigenvalue weighted by molar-refractivity contribution is 5.87. The maximum atomic E-state index is 10.7. The fourth-order valence-corrected chi connectivity index (χ4v) is 1.77. The number of aliphatic hydroxyl groups is 1. The molecule has 1 aromatic heterocycles. The van der Waals surface area contributed by atoms with E-state index < -0.39 is 12.1 Å². The molecule has 2 rings (SSSR count). The van der Waals surface area contributed by atoms with Gasteiger partial charge in [0.15, 0.2) is 0 Å². The van der Waals surface area contributed by atoms with E-state index in [1.165, 1.54) is 0 Å². The first-order valence-corrected chi connectivity index (χ1v) is 5.72. The fraction of sp³-hybridized carbons (Fsp3) is 0.214. The Kier molecular flexibility index (Phi) is 3.48. The molecule has 4 heteroatoms. The van der Waals surface area contributed by atoms with Crippen LogP contribution in [0, 0.1) is 0 Å². The summed E-state index contributed by atoms with van der Waals surface area (Å²) < 4.78 is 1.96. The van der Waals surface area contributed by atoms with Gasteiger partial charge in [-0.2, -0.15) is 0 Å². The summed E-state index contributed by atoms with van der Waals surface area (Å²) in [7, 11) is 0.